The summed E-state index contributed by atoms with van der Waals surface area (Å²) in [6.45, 7) is 3.48. The van der Waals surface area contributed by atoms with E-state index in [0.29, 0.717) is 11.6 Å². The van der Waals surface area contributed by atoms with Crippen LogP contribution in [0, 0.1) is 13.8 Å². The maximum Gasteiger partial charge on any atom is 0.289 e. The van der Waals surface area contributed by atoms with Gasteiger partial charge < -0.3 is 15.5 Å². The Morgan fingerprint density at radius 1 is 1.40 bits per heavy atom. The molecule has 0 aliphatic heterocycles. The van der Waals surface area contributed by atoms with Gasteiger partial charge in [0.05, 0.1) is 17.8 Å². The highest BCUT2D eigenvalue weighted by Crippen LogP contribution is 2.29. The summed E-state index contributed by atoms with van der Waals surface area (Å²) in [7, 11) is 0. The Morgan fingerprint density at radius 2 is 2.15 bits per heavy atom. The molecule has 0 radical (unpaired) electrons. The molecule has 2 atom stereocenters. The number of nitrogens with zero attached hydrogens (tertiary/aromatic N) is 1. The van der Waals surface area contributed by atoms with Gasteiger partial charge in [0.1, 0.15) is 0 Å². The Bertz CT molecular complexity index is 663. The first-order valence-corrected chi connectivity index (χ1v) is 6.64. The quantitative estimate of drug-likeness (QED) is 0.870. The van der Waals surface area contributed by atoms with Crippen molar-refractivity contribution in [1.82, 2.24) is 10.3 Å². The van der Waals surface area contributed by atoms with Gasteiger partial charge in [-0.05, 0) is 24.5 Å². The Balaban J connectivity index is 1.77. The van der Waals surface area contributed by atoms with Crippen LogP contribution in [-0.2, 0) is 6.42 Å². The van der Waals surface area contributed by atoms with Crippen LogP contribution in [0.25, 0.3) is 0 Å². The third kappa shape index (κ3) is 2.10. The van der Waals surface area contributed by atoms with Crippen molar-refractivity contribution in [2.45, 2.75) is 32.4 Å². The molecule has 5 nitrogen and oxygen atoms in total. The van der Waals surface area contributed by atoms with E-state index in [9.17, 15) is 4.79 Å². The topological polar surface area (TPSA) is 81.2 Å². The molecule has 3 N–H and O–H groups in total. The van der Waals surface area contributed by atoms with Crippen molar-refractivity contribution < 1.29 is 9.21 Å². The monoisotopic (exact) mass is 271 g/mol. The van der Waals surface area contributed by atoms with Crippen LogP contribution >= 0.6 is 0 Å². The normalized spacial score (nSPS) is 20.8. The van der Waals surface area contributed by atoms with Crippen molar-refractivity contribution in [2.75, 3.05) is 0 Å². The third-order valence-electron chi connectivity index (χ3n) is 3.71. The van der Waals surface area contributed by atoms with E-state index in [1.54, 1.807) is 13.8 Å². The maximum atomic E-state index is 12.2. The summed E-state index contributed by atoms with van der Waals surface area (Å²) in [5.41, 5.74) is 9.09. The summed E-state index contributed by atoms with van der Waals surface area (Å²) in [6.07, 6.45) is 0.745. The highest BCUT2D eigenvalue weighted by Gasteiger charge is 2.31. The number of rotatable bonds is 2. The number of amides is 1. The highest BCUT2D eigenvalue weighted by molar-refractivity contribution is 5.92. The number of carbonyl (C=O) groups is 1. The number of hydrogen-bond acceptors (Lipinski definition) is 4. The molecule has 3 rings (SSSR count). The number of hydrogen-bond donors (Lipinski definition) is 2. The predicted molar refractivity (Wildman–Crippen MR) is 74.3 cm³/mol. The van der Waals surface area contributed by atoms with Crippen LogP contribution in [0.4, 0.5) is 0 Å². The van der Waals surface area contributed by atoms with Crippen LogP contribution in [-0.4, -0.2) is 16.9 Å². The van der Waals surface area contributed by atoms with Gasteiger partial charge in [0.25, 0.3) is 5.91 Å². The molecule has 1 aromatic heterocycles. The van der Waals surface area contributed by atoms with Crippen LogP contribution in [0.2, 0.25) is 0 Å². The van der Waals surface area contributed by atoms with E-state index in [1.165, 1.54) is 5.56 Å². The van der Waals surface area contributed by atoms with Crippen LogP contribution in [0.15, 0.2) is 28.7 Å². The van der Waals surface area contributed by atoms with E-state index >= 15 is 0 Å². The number of nitrogens with one attached hydrogen (secondary N) is 1. The molecule has 5 heteroatoms. The molecule has 0 spiro atoms. The summed E-state index contributed by atoms with van der Waals surface area (Å²) < 4.78 is 5.33. The summed E-state index contributed by atoms with van der Waals surface area (Å²) in [5, 5.41) is 2.95. The van der Waals surface area contributed by atoms with E-state index in [2.05, 4.69) is 10.3 Å². The lowest BCUT2D eigenvalue weighted by atomic mass is 10.1. The standard InChI is InChI=1S/C15H17N3O2/c1-8-14(20-9(2)17-8)15(19)18-12-7-10-5-3-4-6-11(10)13(12)16/h3-6,12-13H,7,16H2,1-2H3,(H,18,19)/t12-,13-/m1/s1. The molecule has 2 aromatic rings. The fraction of sp³-hybridized carbons (Fsp3) is 0.333. The minimum atomic E-state index is -0.253. The molecule has 1 heterocycles. The van der Waals surface area contributed by atoms with Crippen molar-refractivity contribution in [2.24, 2.45) is 5.73 Å². The van der Waals surface area contributed by atoms with Gasteiger partial charge >= 0.3 is 0 Å². The largest absolute Gasteiger partial charge is 0.436 e. The van der Waals surface area contributed by atoms with Crippen molar-refractivity contribution in [3.8, 4) is 0 Å². The predicted octanol–water partition coefficient (Wildman–Crippen LogP) is 1.65. The average molecular weight is 271 g/mol. The fourth-order valence-electron chi connectivity index (χ4n) is 2.74. The zero-order valence-electron chi connectivity index (χ0n) is 11.5. The minimum Gasteiger partial charge on any atom is -0.436 e. The molecule has 1 aliphatic carbocycles. The zero-order valence-corrected chi connectivity index (χ0v) is 11.5. The van der Waals surface area contributed by atoms with Crippen LogP contribution < -0.4 is 11.1 Å². The molecule has 1 aliphatic rings. The number of aryl methyl sites for hydroxylation is 2. The van der Waals surface area contributed by atoms with Gasteiger partial charge in [-0.2, -0.15) is 0 Å². The van der Waals surface area contributed by atoms with E-state index in [4.69, 9.17) is 10.2 Å². The van der Waals surface area contributed by atoms with Gasteiger partial charge in [-0.25, -0.2) is 4.98 Å². The molecule has 0 saturated carbocycles. The average Bonchev–Trinajstić information content (AvgIpc) is 2.91. The Labute approximate surface area is 117 Å². The summed E-state index contributed by atoms with van der Waals surface area (Å²) >= 11 is 0. The zero-order chi connectivity index (χ0) is 14.3. The molecular formula is C15H17N3O2. The van der Waals surface area contributed by atoms with Crippen molar-refractivity contribution >= 4 is 5.91 Å². The first-order chi connectivity index (χ1) is 9.56. The number of benzene rings is 1. The smallest absolute Gasteiger partial charge is 0.289 e. The lowest BCUT2D eigenvalue weighted by Crippen LogP contribution is -2.40. The Morgan fingerprint density at radius 3 is 2.80 bits per heavy atom. The molecular weight excluding hydrogens is 254 g/mol. The van der Waals surface area contributed by atoms with Gasteiger partial charge in [0.2, 0.25) is 5.76 Å². The van der Waals surface area contributed by atoms with Crippen molar-refractivity contribution in [3.05, 3.63) is 52.7 Å². The Hall–Kier alpha value is -2.14. The molecule has 0 unspecified atom stereocenters. The van der Waals surface area contributed by atoms with E-state index in [-0.39, 0.29) is 23.8 Å². The molecule has 0 saturated heterocycles. The second-order valence-corrected chi connectivity index (χ2v) is 5.16. The fourth-order valence-corrected chi connectivity index (χ4v) is 2.74. The van der Waals surface area contributed by atoms with E-state index in [0.717, 1.165) is 12.0 Å². The van der Waals surface area contributed by atoms with Gasteiger partial charge in [-0.15, -0.1) is 0 Å². The lowest BCUT2D eigenvalue weighted by Gasteiger charge is -2.17. The molecule has 1 amide bonds. The van der Waals surface area contributed by atoms with Gasteiger partial charge in [-0.3, -0.25) is 4.79 Å². The number of aromatic nitrogens is 1. The third-order valence-corrected chi connectivity index (χ3v) is 3.71. The van der Waals surface area contributed by atoms with Gasteiger partial charge in [-0.1, -0.05) is 24.3 Å². The SMILES string of the molecule is Cc1nc(C)c(C(=O)N[C@@H]2Cc3ccccc3[C@H]2N)o1. The first kappa shape index (κ1) is 12.9. The molecule has 1 aromatic carbocycles. The second-order valence-electron chi connectivity index (χ2n) is 5.16. The van der Waals surface area contributed by atoms with Crippen LogP contribution in [0.3, 0.4) is 0 Å². The number of carbonyl (C=O) groups excluding carboxylic acids is 1. The second kappa shape index (κ2) is 4.76. The number of fused-ring (bicyclic) bond motifs is 1. The summed E-state index contributed by atoms with van der Waals surface area (Å²) in [5.74, 6) is 0.508. The van der Waals surface area contributed by atoms with Crippen molar-refractivity contribution in [3.63, 3.8) is 0 Å². The Kier molecular flexibility index (Phi) is 3.06. The number of oxazole rings is 1. The summed E-state index contributed by atoms with van der Waals surface area (Å²) in [6, 6.07) is 7.72. The highest BCUT2D eigenvalue weighted by atomic mass is 16.4. The molecule has 0 bridgehead atoms. The van der Waals surface area contributed by atoms with E-state index in [1.807, 2.05) is 24.3 Å². The molecule has 20 heavy (non-hydrogen) atoms. The van der Waals surface area contributed by atoms with Gasteiger partial charge in [0, 0.05) is 6.92 Å². The summed E-state index contributed by atoms with van der Waals surface area (Å²) in [4.78, 5) is 16.3. The number of nitrogens with two attached hydrogens (primary N) is 1. The van der Waals surface area contributed by atoms with Gasteiger partial charge in [0.15, 0.2) is 5.89 Å². The first-order valence-electron chi connectivity index (χ1n) is 6.64. The lowest BCUT2D eigenvalue weighted by molar-refractivity contribution is 0.0903. The van der Waals surface area contributed by atoms with Crippen LogP contribution in [0.1, 0.15) is 39.3 Å². The minimum absolute atomic E-state index is 0.107. The molecule has 0 fully saturated rings. The molecule has 104 valence electrons. The van der Waals surface area contributed by atoms with Crippen LogP contribution in [0.5, 0.6) is 0 Å². The van der Waals surface area contributed by atoms with E-state index < -0.39 is 0 Å². The van der Waals surface area contributed by atoms with Crippen molar-refractivity contribution in [1.29, 1.82) is 0 Å². The maximum absolute atomic E-state index is 12.2.